The molecule has 0 amide bonds. The molecule has 1 fully saturated rings. The van der Waals surface area contributed by atoms with Crippen molar-refractivity contribution in [2.24, 2.45) is 0 Å². The van der Waals surface area contributed by atoms with E-state index in [2.05, 4.69) is 6.58 Å². The Kier molecular flexibility index (Phi) is 5.92. The number of aliphatic hydroxyl groups excluding tert-OH is 1. The third-order valence-electron chi connectivity index (χ3n) is 3.28. The van der Waals surface area contributed by atoms with E-state index in [1.165, 1.54) is 0 Å². The van der Waals surface area contributed by atoms with Crippen molar-refractivity contribution in [3.63, 3.8) is 0 Å². The number of esters is 1. The molecule has 0 aromatic heterocycles. The standard InChI is InChI=1S/C16H20O5/c1-2-9-19-15-13(17)11-21-14(15)8-10-20-16(18)12-6-4-3-5-7-12/h2-7,13-15,17H,1,8-11H2/t13-,14+,15-/m0/s1. The van der Waals surface area contributed by atoms with Gasteiger partial charge in [-0.05, 0) is 12.1 Å². The van der Waals surface area contributed by atoms with Crippen LogP contribution in [0.3, 0.4) is 0 Å². The van der Waals surface area contributed by atoms with Crippen molar-refractivity contribution < 1.29 is 24.1 Å². The molecule has 5 heteroatoms. The number of carbonyl (C=O) groups excluding carboxylic acids is 1. The molecule has 0 bridgehead atoms. The summed E-state index contributed by atoms with van der Waals surface area (Å²) >= 11 is 0. The van der Waals surface area contributed by atoms with E-state index in [4.69, 9.17) is 14.2 Å². The van der Waals surface area contributed by atoms with Crippen LogP contribution >= 0.6 is 0 Å². The summed E-state index contributed by atoms with van der Waals surface area (Å²) in [5, 5.41) is 9.78. The van der Waals surface area contributed by atoms with Crippen LogP contribution in [0.2, 0.25) is 0 Å². The molecule has 1 aliphatic rings. The van der Waals surface area contributed by atoms with Gasteiger partial charge in [0, 0.05) is 6.42 Å². The Hall–Kier alpha value is -1.69. The van der Waals surface area contributed by atoms with E-state index in [1.807, 2.05) is 6.07 Å². The molecule has 0 aliphatic carbocycles. The molecule has 1 aromatic rings. The monoisotopic (exact) mass is 292 g/mol. The largest absolute Gasteiger partial charge is 0.462 e. The normalized spacial score (nSPS) is 24.7. The summed E-state index contributed by atoms with van der Waals surface area (Å²) in [6.07, 6.45) is 0.774. The van der Waals surface area contributed by atoms with Gasteiger partial charge in [0.15, 0.2) is 0 Å². The van der Waals surface area contributed by atoms with E-state index in [-0.39, 0.29) is 25.3 Å². The molecule has 21 heavy (non-hydrogen) atoms. The molecular formula is C16H20O5. The third-order valence-corrected chi connectivity index (χ3v) is 3.28. The lowest BCUT2D eigenvalue weighted by Gasteiger charge is -2.20. The van der Waals surface area contributed by atoms with Crippen LogP contribution in [-0.4, -0.2) is 49.2 Å². The lowest BCUT2D eigenvalue weighted by molar-refractivity contribution is -0.0342. The quantitative estimate of drug-likeness (QED) is 0.610. The van der Waals surface area contributed by atoms with Gasteiger partial charge in [-0.15, -0.1) is 6.58 Å². The molecule has 1 aliphatic heterocycles. The minimum absolute atomic E-state index is 0.221. The van der Waals surface area contributed by atoms with Gasteiger partial charge in [0.05, 0.1) is 31.5 Å². The Morgan fingerprint density at radius 3 is 2.90 bits per heavy atom. The van der Waals surface area contributed by atoms with Gasteiger partial charge in [-0.1, -0.05) is 24.3 Å². The number of hydrogen-bond donors (Lipinski definition) is 1. The fourth-order valence-corrected chi connectivity index (χ4v) is 2.23. The Morgan fingerprint density at radius 2 is 2.19 bits per heavy atom. The second kappa shape index (κ2) is 7.93. The summed E-state index contributed by atoms with van der Waals surface area (Å²) in [5.74, 6) is -0.363. The highest BCUT2D eigenvalue weighted by atomic mass is 16.6. The number of benzene rings is 1. The Balaban J connectivity index is 1.77. The smallest absolute Gasteiger partial charge is 0.338 e. The van der Waals surface area contributed by atoms with Crippen LogP contribution in [0.1, 0.15) is 16.8 Å². The number of carbonyl (C=O) groups is 1. The molecule has 1 heterocycles. The summed E-state index contributed by atoms with van der Waals surface area (Å²) < 4.78 is 16.1. The minimum Gasteiger partial charge on any atom is -0.462 e. The molecule has 114 valence electrons. The van der Waals surface area contributed by atoms with Crippen LogP contribution in [0.25, 0.3) is 0 Å². The van der Waals surface area contributed by atoms with Gasteiger partial charge in [0.1, 0.15) is 12.2 Å². The summed E-state index contributed by atoms with van der Waals surface area (Å²) in [6.45, 7) is 4.38. The van der Waals surface area contributed by atoms with E-state index < -0.39 is 12.2 Å². The van der Waals surface area contributed by atoms with E-state index in [0.29, 0.717) is 18.6 Å². The molecule has 1 aromatic carbocycles. The second-order valence-electron chi connectivity index (χ2n) is 4.82. The van der Waals surface area contributed by atoms with E-state index in [1.54, 1.807) is 30.3 Å². The average Bonchev–Trinajstić information content (AvgIpc) is 2.86. The SMILES string of the molecule is C=CCO[C@H]1[C@@H](O)CO[C@@H]1CCOC(=O)c1ccccc1. The van der Waals surface area contributed by atoms with Crippen LogP contribution in [0.15, 0.2) is 43.0 Å². The number of rotatable bonds is 7. The molecule has 2 rings (SSSR count). The topological polar surface area (TPSA) is 65.0 Å². The predicted octanol–water partition coefficient (Wildman–Crippen LogP) is 1.56. The Labute approximate surface area is 124 Å². The first-order valence-corrected chi connectivity index (χ1v) is 6.96. The van der Waals surface area contributed by atoms with Crippen molar-refractivity contribution >= 4 is 5.97 Å². The molecule has 0 saturated carbocycles. The molecule has 0 unspecified atom stereocenters. The highest BCUT2D eigenvalue weighted by molar-refractivity contribution is 5.89. The summed E-state index contributed by atoms with van der Waals surface area (Å²) in [6, 6.07) is 8.81. The number of hydrogen-bond acceptors (Lipinski definition) is 5. The van der Waals surface area contributed by atoms with E-state index in [9.17, 15) is 9.90 Å². The van der Waals surface area contributed by atoms with Gasteiger partial charge in [-0.3, -0.25) is 0 Å². The fraction of sp³-hybridized carbons (Fsp3) is 0.438. The lowest BCUT2D eigenvalue weighted by atomic mass is 10.1. The van der Waals surface area contributed by atoms with Crippen molar-refractivity contribution in [2.75, 3.05) is 19.8 Å². The van der Waals surface area contributed by atoms with Gasteiger partial charge in [0.2, 0.25) is 0 Å². The highest BCUT2D eigenvalue weighted by Gasteiger charge is 2.36. The first-order chi connectivity index (χ1) is 10.2. The maximum Gasteiger partial charge on any atom is 0.338 e. The van der Waals surface area contributed by atoms with Crippen molar-refractivity contribution in [3.05, 3.63) is 48.6 Å². The summed E-state index contributed by atoms with van der Waals surface area (Å²) in [4.78, 5) is 11.8. The molecule has 1 saturated heterocycles. The third kappa shape index (κ3) is 4.39. The van der Waals surface area contributed by atoms with Gasteiger partial charge in [-0.25, -0.2) is 4.79 Å². The van der Waals surface area contributed by atoms with Crippen LogP contribution < -0.4 is 0 Å². The molecule has 0 radical (unpaired) electrons. The first kappa shape index (κ1) is 15.7. The van der Waals surface area contributed by atoms with E-state index >= 15 is 0 Å². The minimum atomic E-state index is -0.653. The second-order valence-corrected chi connectivity index (χ2v) is 4.82. The van der Waals surface area contributed by atoms with Crippen molar-refractivity contribution in [1.82, 2.24) is 0 Å². The number of ether oxygens (including phenoxy) is 3. The van der Waals surface area contributed by atoms with Crippen LogP contribution in [-0.2, 0) is 14.2 Å². The molecular weight excluding hydrogens is 272 g/mol. The van der Waals surface area contributed by atoms with Crippen LogP contribution in [0.4, 0.5) is 0 Å². The van der Waals surface area contributed by atoms with Gasteiger partial charge < -0.3 is 19.3 Å². The Bertz CT molecular complexity index is 459. The summed E-state index contributed by atoms with van der Waals surface area (Å²) in [7, 11) is 0. The summed E-state index contributed by atoms with van der Waals surface area (Å²) in [5.41, 5.74) is 0.518. The molecule has 5 nitrogen and oxygen atoms in total. The average molecular weight is 292 g/mol. The van der Waals surface area contributed by atoms with Crippen molar-refractivity contribution in [1.29, 1.82) is 0 Å². The molecule has 1 N–H and O–H groups in total. The lowest BCUT2D eigenvalue weighted by Crippen LogP contribution is -2.34. The highest BCUT2D eigenvalue weighted by Crippen LogP contribution is 2.21. The van der Waals surface area contributed by atoms with Crippen molar-refractivity contribution in [2.45, 2.75) is 24.7 Å². The maximum absolute atomic E-state index is 11.8. The fourth-order valence-electron chi connectivity index (χ4n) is 2.23. The van der Waals surface area contributed by atoms with Crippen LogP contribution in [0, 0.1) is 0 Å². The molecule has 3 atom stereocenters. The van der Waals surface area contributed by atoms with Crippen LogP contribution in [0.5, 0.6) is 0 Å². The zero-order valence-electron chi connectivity index (χ0n) is 11.8. The van der Waals surface area contributed by atoms with Gasteiger partial charge in [0.25, 0.3) is 0 Å². The van der Waals surface area contributed by atoms with Gasteiger partial charge in [-0.2, -0.15) is 0 Å². The Morgan fingerprint density at radius 1 is 1.43 bits per heavy atom. The number of aliphatic hydroxyl groups is 1. The zero-order valence-corrected chi connectivity index (χ0v) is 11.8. The predicted molar refractivity (Wildman–Crippen MR) is 77.0 cm³/mol. The first-order valence-electron chi connectivity index (χ1n) is 6.96. The van der Waals surface area contributed by atoms with E-state index in [0.717, 1.165) is 0 Å². The van der Waals surface area contributed by atoms with Gasteiger partial charge >= 0.3 is 5.97 Å². The maximum atomic E-state index is 11.8. The van der Waals surface area contributed by atoms with Crippen molar-refractivity contribution in [3.8, 4) is 0 Å². The molecule has 0 spiro atoms. The zero-order chi connectivity index (χ0) is 15.1.